The van der Waals surface area contributed by atoms with Crippen LogP contribution in [0.3, 0.4) is 0 Å². The Hall–Kier alpha value is -2.07. The van der Waals surface area contributed by atoms with E-state index < -0.39 is 5.60 Å². The topological polar surface area (TPSA) is 97.5 Å². The number of methoxy groups -OCH3 is 1. The van der Waals surface area contributed by atoms with Crippen LogP contribution in [0.25, 0.3) is 0 Å². The lowest BCUT2D eigenvalue weighted by Gasteiger charge is -2.41. The Morgan fingerprint density at radius 1 is 1.43 bits per heavy atom. The van der Waals surface area contributed by atoms with Crippen molar-refractivity contribution in [2.24, 2.45) is 0 Å². The smallest absolute Gasteiger partial charge is 0.255 e. The summed E-state index contributed by atoms with van der Waals surface area (Å²) in [6, 6.07) is 0. The van der Waals surface area contributed by atoms with Crippen LogP contribution in [-0.2, 0) is 16.1 Å². The Morgan fingerprint density at radius 3 is 2.79 bits per heavy atom. The summed E-state index contributed by atoms with van der Waals surface area (Å²) in [5.74, 6) is 1.65. The Morgan fingerprint density at radius 2 is 2.21 bits per heavy atom. The van der Waals surface area contributed by atoms with Crippen LogP contribution in [0, 0.1) is 0 Å². The first-order valence-corrected chi connectivity index (χ1v) is 10.7. The van der Waals surface area contributed by atoms with Gasteiger partial charge in [-0.3, -0.25) is 4.79 Å². The molecule has 3 heterocycles. The largest absolute Gasteiger partial charge is 0.368 e. The molecule has 1 saturated carbocycles. The van der Waals surface area contributed by atoms with E-state index in [9.17, 15) is 4.79 Å². The molecular weight excluding hydrogens is 380 g/mol. The number of anilines is 1. The Bertz CT molecular complexity index is 783. The van der Waals surface area contributed by atoms with Crippen molar-refractivity contribution in [3.8, 4) is 0 Å². The van der Waals surface area contributed by atoms with E-state index in [-0.39, 0.29) is 5.91 Å². The van der Waals surface area contributed by atoms with E-state index in [1.165, 1.54) is 17.8 Å². The second kappa shape index (κ2) is 8.12. The summed E-state index contributed by atoms with van der Waals surface area (Å²) in [7, 11) is 1.62. The molecule has 10 heteroatoms. The molecule has 1 amide bonds. The third-order valence-corrected chi connectivity index (χ3v) is 6.66. The van der Waals surface area contributed by atoms with E-state index in [0.717, 1.165) is 18.0 Å². The van der Waals surface area contributed by atoms with Crippen LogP contribution in [0.5, 0.6) is 0 Å². The number of carbonyl (C=O) groups excluding carboxylic acids is 1. The van der Waals surface area contributed by atoms with Gasteiger partial charge in [0.15, 0.2) is 5.82 Å². The van der Waals surface area contributed by atoms with E-state index in [1.807, 2.05) is 6.92 Å². The van der Waals surface area contributed by atoms with E-state index >= 15 is 0 Å². The fourth-order valence-corrected chi connectivity index (χ4v) is 4.42. The summed E-state index contributed by atoms with van der Waals surface area (Å²) in [5.41, 5.74) is 0.901. The number of piperidine rings is 1. The van der Waals surface area contributed by atoms with Crippen LogP contribution < -0.4 is 4.90 Å². The zero-order chi connectivity index (χ0) is 19.6. The van der Waals surface area contributed by atoms with Crippen molar-refractivity contribution in [3.63, 3.8) is 0 Å². The molecule has 152 valence electrons. The molecule has 0 unspecified atom stereocenters. The number of amides is 1. The predicted octanol–water partition coefficient (Wildman–Crippen LogP) is 2.22. The molecule has 0 radical (unpaired) electrons. The normalized spacial score (nSPS) is 19.4. The van der Waals surface area contributed by atoms with Gasteiger partial charge in [-0.05, 0) is 19.8 Å². The lowest BCUT2D eigenvalue weighted by atomic mass is 9.85. The van der Waals surface area contributed by atoms with Gasteiger partial charge in [0.05, 0.1) is 6.54 Å². The molecule has 2 fully saturated rings. The summed E-state index contributed by atoms with van der Waals surface area (Å²) in [4.78, 5) is 21.8. The standard InChI is InChI=1S/C18H26N6O3S/c1-3-23(11-14-20-15(27-22-14)13-5-4-6-13)16(25)18(26-2)7-9-24(10-8-18)17-21-19-12-28-17/h12-13H,3-11H2,1-2H3. The van der Waals surface area contributed by atoms with E-state index in [4.69, 9.17) is 9.26 Å². The van der Waals surface area contributed by atoms with E-state index in [1.54, 1.807) is 17.5 Å². The van der Waals surface area contributed by atoms with Gasteiger partial charge >= 0.3 is 0 Å². The van der Waals surface area contributed by atoms with Gasteiger partial charge in [0.1, 0.15) is 11.1 Å². The average Bonchev–Trinajstić information content (AvgIpc) is 3.37. The van der Waals surface area contributed by atoms with Crippen molar-refractivity contribution < 1.29 is 14.1 Å². The number of aromatic nitrogens is 4. The maximum atomic E-state index is 13.4. The van der Waals surface area contributed by atoms with Crippen molar-refractivity contribution >= 4 is 22.4 Å². The van der Waals surface area contributed by atoms with Gasteiger partial charge < -0.3 is 19.1 Å². The number of likely N-dealkylation sites (N-methyl/N-ethyl adjacent to an activating group) is 1. The molecule has 28 heavy (non-hydrogen) atoms. The molecule has 0 N–H and O–H groups in total. The van der Waals surface area contributed by atoms with Crippen molar-refractivity contribution in [2.75, 3.05) is 31.6 Å². The summed E-state index contributed by atoms with van der Waals surface area (Å²) >= 11 is 1.51. The molecule has 0 atom stereocenters. The molecule has 2 aliphatic rings. The van der Waals surface area contributed by atoms with Gasteiger partial charge in [0.25, 0.3) is 5.91 Å². The molecule has 9 nitrogen and oxygen atoms in total. The van der Waals surface area contributed by atoms with Crippen LogP contribution in [-0.4, -0.2) is 63.5 Å². The maximum absolute atomic E-state index is 13.4. The summed E-state index contributed by atoms with van der Waals surface area (Å²) in [6.07, 6.45) is 4.65. The first-order chi connectivity index (χ1) is 13.6. The minimum atomic E-state index is -0.822. The lowest BCUT2D eigenvalue weighted by Crippen LogP contribution is -2.56. The van der Waals surface area contributed by atoms with Crippen LogP contribution in [0.4, 0.5) is 5.13 Å². The summed E-state index contributed by atoms with van der Waals surface area (Å²) in [6.45, 7) is 4.29. The fourth-order valence-electron chi connectivity index (χ4n) is 3.81. The highest BCUT2D eigenvalue weighted by Crippen LogP contribution is 2.35. The predicted molar refractivity (Wildman–Crippen MR) is 103 cm³/mol. The van der Waals surface area contributed by atoms with Crippen molar-refractivity contribution in [1.82, 2.24) is 25.2 Å². The summed E-state index contributed by atoms with van der Waals surface area (Å²) < 4.78 is 11.2. The number of ether oxygens (including phenoxy) is 1. The second-order valence-electron chi connectivity index (χ2n) is 7.40. The first kappa shape index (κ1) is 19.3. The molecule has 0 aromatic carbocycles. The van der Waals surface area contributed by atoms with Gasteiger partial charge in [-0.25, -0.2) is 0 Å². The Kier molecular flexibility index (Phi) is 5.58. The minimum Gasteiger partial charge on any atom is -0.368 e. The molecule has 1 saturated heterocycles. The van der Waals surface area contributed by atoms with Crippen molar-refractivity contribution in [1.29, 1.82) is 0 Å². The molecule has 1 aliphatic carbocycles. The molecule has 1 aliphatic heterocycles. The summed E-state index contributed by atoms with van der Waals surface area (Å²) in [5, 5.41) is 13.0. The quantitative estimate of drug-likeness (QED) is 0.690. The van der Waals surface area contributed by atoms with Gasteiger partial charge in [-0.2, -0.15) is 4.98 Å². The molecule has 0 spiro atoms. The maximum Gasteiger partial charge on any atom is 0.255 e. The highest BCUT2D eigenvalue weighted by atomic mass is 32.1. The number of carbonyl (C=O) groups is 1. The molecule has 4 rings (SSSR count). The van der Waals surface area contributed by atoms with Crippen LogP contribution in [0.15, 0.2) is 10.0 Å². The van der Waals surface area contributed by atoms with E-state index in [0.29, 0.717) is 56.7 Å². The van der Waals surface area contributed by atoms with Crippen LogP contribution in [0.2, 0.25) is 0 Å². The van der Waals surface area contributed by atoms with Crippen LogP contribution in [0.1, 0.15) is 56.7 Å². The fraction of sp³-hybridized carbons (Fsp3) is 0.722. The zero-order valence-corrected chi connectivity index (χ0v) is 17.2. The molecule has 0 bridgehead atoms. The van der Waals surface area contributed by atoms with Crippen molar-refractivity contribution in [3.05, 3.63) is 17.2 Å². The lowest BCUT2D eigenvalue weighted by molar-refractivity contribution is -0.158. The van der Waals surface area contributed by atoms with Crippen LogP contribution >= 0.6 is 11.3 Å². The number of rotatable bonds is 7. The number of nitrogens with zero attached hydrogens (tertiary/aromatic N) is 6. The highest BCUT2D eigenvalue weighted by molar-refractivity contribution is 7.13. The Labute approximate surface area is 168 Å². The van der Waals surface area contributed by atoms with E-state index in [2.05, 4.69) is 25.2 Å². The van der Waals surface area contributed by atoms with Gasteiger partial charge in [0, 0.05) is 45.5 Å². The third kappa shape index (κ3) is 3.62. The van der Waals surface area contributed by atoms with Gasteiger partial charge in [-0.1, -0.05) is 22.9 Å². The number of hydrogen-bond acceptors (Lipinski definition) is 9. The minimum absolute atomic E-state index is 0.00981. The SMILES string of the molecule is CCN(Cc1noc(C2CCC2)n1)C(=O)C1(OC)CCN(c2nncs2)CC1. The molecule has 2 aromatic rings. The monoisotopic (exact) mass is 406 g/mol. The number of hydrogen-bond donors (Lipinski definition) is 0. The third-order valence-electron chi connectivity index (χ3n) is 5.91. The zero-order valence-electron chi connectivity index (χ0n) is 16.3. The van der Waals surface area contributed by atoms with Gasteiger partial charge in [-0.15, -0.1) is 10.2 Å². The average molecular weight is 407 g/mol. The van der Waals surface area contributed by atoms with Crippen molar-refractivity contribution in [2.45, 2.75) is 57.1 Å². The first-order valence-electron chi connectivity index (χ1n) is 9.83. The second-order valence-corrected chi connectivity index (χ2v) is 8.21. The molecule has 2 aromatic heterocycles. The Balaban J connectivity index is 1.42. The molecular formula is C18H26N6O3S. The highest BCUT2D eigenvalue weighted by Gasteiger charge is 2.44. The van der Waals surface area contributed by atoms with Gasteiger partial charge in [0.2, 0.25) is 11.0 Å².